The lowest BCUT2D eigenvalue weighted by Gasteiger charge is -2.08. The van der Waals surface area contributed by atoms with Gasteiger partial charge in [0.25, 0.3) is 5.91 Å². The third-order valence-corrected chi connectivity index (χ3v) is 2.50. The van der Waals surface area contributed by atoms with Crippen molar-refractivity contribution in [1.29, 1.82) is 0 Å². The number of carbonyl (C=O) groups excluding carboxylic acids is 1. The van der Waals surface area contributed by atoms with E-state index in [0.29, 0.717) is 11.3 Å². The van der Waals surface area contributed by atoms with Gasteiger partial charge in [0.05, 0.1) is 12.0 Å². The van der Waals surface area contributed by atoms with Gasteiger partial charge < -0.3 is 20.8 Å². The number of benzene rings is 1. The number of imidazole rings is 1. The lowest BCUT2D eigenvalue weighted by Crippen LogP contribution is -2.19. The highest BCUT2D eigenvalue weighted by molar-refractivity contribution is 6.09. The SMILES string of the molecule is Cn1cnc(C(=O)Nc2ccccc2/C(N)=N/O)c1. The Morgan fingerprint density at radius 2 is 2.21 bits per heavy atom. The number of rotatable bonds is 3. The van der Waals surface area contributed by atoms with Crippen LogP contribution in [0, 0.1) is 0 Å². The highest BCUT2D eigenvalue weighted by Crippen LogP contribution is 2.15. The first-order valence-corrected chi connectivity index (χ1v) is 5.48. The minimum atomic E-state index is -0.362. The number of aryl methyl sites for hydroxylation is 1. The highest BCUT2D eigenvalue weighted by atomic mass is 16.4. The van der Waals surface area contributed by atoms with Crippen molar-refractivity contribution in [2.45, 2.75) is 0 Å². The Hall–Kier alpha value is -2.83. The summed E-state index contributed by atoms with van der Waals surface area (Å²) in [5.41, 5.74) is 6.72. The summed E-state index contributed by atoms with van der Waals surface area (Å²) < 4.78 is 1.67. The quantitative estimate of drug-likeness (QED) is 0.327. The number of amidine groups is 1. The number of para-hydroxylation sites is 1. The average molecular weight is 259 g/mol. The monoisotopic (exact) mass is 259 g/mol. The van der Waals surface area contributed by atoms with E-state index in [1.807, 2.05) is 0 Å². The molecule has 0 saturated carbocycles. The van der Waals surface area contributed by atoms with Crippen molar-refractivity contribution in [3.05, 3.63) is 48.0 Å². The second-order valence-electron chi connectivity index (χ2n) is 3.91. The van der Waals surface area contributed by atoms with E-state index in [1.165, 1.54) is 6.33 Å². The third-order valence-electron chi connectivity index (χ3n) is 2.50. The van der Waals surface area contributed by atoms with Crippen LogP contribution in [-0.2, 0) is 7.05 Å². The van der Waals surface area contributed by atoms with E-state index in [2.05, 4.69) is 15.5 Å². The van der Waals surface area contributed by atoms with Gasteiger partial charge in [0.1, 0.15) is 5.69 Å². The van der Waals surface area contributed by atoms with Crippen molar-refractivity contribution >= 4 is 17.4 Å². The summed E-state index contributed by atoms with van der Waals surface area (Å²) in [5.74, 6) is -0.435. The van der Waals surface area contributed by atoms with Crippen LogP contribution in [0.1, 0.15) is 16.1 Å². The fourth-order valence-electron chi connectivity index (χ4n) is 1.59. The first-order chi connectivity index (χ1) is 9.11. The fraction of sp³-hybridized carbons (Fsp3) is 0.0833. The van der Waals surface area contributed by atoms with Crippen LogP contribution in [0.15, 0.2) is 41.9 Å². The number of amides is 1. The third kappa shape index (κ3) is 2.71. The van der Waals surface area contributed by atoms with Crippen molar-refractivity contribution in [2.75, 3.05) is 5.32 Å². The van der Waals surface area contributed by atoms with E-state index >= 15 is 0 Å². The molecule has 0 bridgehead atoms. The number of oxime groups is 1. The maximum atomic E-state index is 12.0. The van der Waals surface area contributed by atoms with Crippen LogP contribution in [0.5, 0.6) is 0 Å². The fourth-order valence-corrected chi connectivity index (χ4v) is 1.59. The van der Waals surface area contributed by atoms with Gasteiger partial charge in [0, 0.05) is 18.8 Å². The molecule has 1 aromatic carbocycles. The Morgan fingerprint density at radius 1 is 1.47 bits per heavy atom. The van der Waals surface area contributed by atoms with Crippen molar-refractivity contribution < 1.29 is 10.0 Å². The predicted molar refractivity (Wildman–Crippen MR) is 70.1 cm³/mol. The molecule has 0 aliphatic rings. The molecule has 2 aromatic rings. The Balaban J connectivity index is 2.27. The largest absolute Gasteiger partial charge is 0.409 e. The summed E-state index contributed by atoms with van der Waals surface area (Å²) in [4.78, 5) is 15.9. The maximum Gasteiger partial charge on any atom is 0.275 e. The number of nitrogens with zero attached hydrogens (tertiary/aromatic N) is 3. The van der Waals surface area contributed by atoms with Gasteiger partial charge in [-0.3, -0.25) is 4.79 Å². The Labute approximate surface area is 109 Å². The molecular formula is C12H13N5O2. The van der Waals surface area contributed by atoms with Crippen molar-refractivity contribution in [1.82, 2.24) is 9.55 Å². The molecule has 0 spiro atoms. The molecule has 0 atom stereocenters. The second-order valence-corrected chi connectivity index (χ2v) is 3.91. The molecule has 0 saturated heterocycles. The van der Waals surface area contributed by atoms with Gasteiger partial charge in [0.2, 0.25) is 0 Å². The van der Waals surface area contributed by atoms with Crippen LogP contribution < -0.4 is 11.1 Å². The zero-order valence-corrected chi connectivity index (χ0v) is 10.2. The topological polar surface area (TPSA) is 106 Å². The van der Waals surface area contributed by atoms with Crippen LogP contribution >= 0.6 is 0 Å². The summed E-state index contributed by atoms with van der Waals surface area (Å²) in [6.07, 6.45) is 3.13. The normalized spacial score (nSPS) is 11.3. The number of carbonyl (C=O) groups is 1. The molecule has 7 nitrogen and oxygen atoms in total. The Bertz CT molecular complexity index is 633. The van der Waals surface area contributed by atoms with Crippen LogP contribution in [0.4, 0.5) is 5.69 Å². The number of anilines is 1. The zero-order valence-electron chi connectivity index (χ0n) is 10.2. The molecule has 98 valence electrons. The number of nitrogens with two attached hydrogens (primary N) is 1. The lowest BCUT2D eigenvalue weighted by atomic mass is 10.1. The van der Waals surface area contributed by atoms with E-state index in [-0.39, 0.29) is 17.4 Å². The molecule has 1 heterocycles. The van der Waals surface area contributed by atoms with Gasteiger partial charge in [-0.2, -0.15) is 0 Å². The molecule has 0 fully saturated rings. The highest BCUT2D eigenvalue weighted by Gasteiger charge is 2.12. The van der Waals surface area contributed by atoms with E-state index in [0.717, 1.165) is 0 Å². The summed E-state index contributed by atoms with van der Waals surface area (Å²) >= 11 is 0. The van der Waals surface area contributed by atoms with E-state index in [1.54, 1.807) is 42.1 Å². The standard InChI is InChI=1S/C12H13N5O2/c1-17-6-10(14-7-17)12(18)15-9-5-3-2-4-8(9)11(13)16-19/h2-7,19H,1H3,(H2,13,16)(H,15,18). The lowest BCUT2D eigenvalue weighted by molar-refractivity contribution is 0.102. The molecule has 0 radical (unpaired) electrons. The van der Waals surface area contributed by atoms with Gasteiger partial charge in [-0.1, -0.05) is 17.3 Å². The molecule has 2 rings (SSSR count). The number of aromatic nitrogens is 2. The van der Waals surface area contributed by atoms with Crippen LogP contribution in [0.2, 0.25) is 0 Å². The Kier molecular flexibility index (Phi) is 3.46. The van der Waals surface area contributed by atoms with Crippen LogP contribution in [-0.4, -0.2) is 26.5 Å². The van der Waals surface area contributed by atoms with Crippen molar-refractivity contribution in [2.24, 2.45) is 17.9 Å². The predicted octanol–water partition coefficient (Wildman–Crippen LogP) is 0.767. The smallest absolute Gasteiger partial charge is 0.275 e. The van der Waals surface area contributed by atoms with E-state index < -0.39 is 0 Å². The molecule has 7 heteroatoms. The average Bonchev–Trinajstić information content (AvgIpc) is 2.85. The van der Waals surface area contributed by atoms with E-state index in [9.17, 15) is 4.79 Å². The first-order valence-electron chi connectivity index (χ1n) is 5.48. The molecule has 19 heavy (non-hydrogen) atoms. The Morgan fingerprint density at radius 3 is 2.84 bits per heavy atom. The maximum absolute atomic E-state index is 12.0. The molecule has 0 unspecified atom stereocenters. The molecule has 1 amide bonds. The molecule has 1 aromatic heterocycles. The molecule has 0 aliphatic heterocycles. The van der Waals surface area contributed by atoms with Crippen LogP contribution in [0.25, 0.3) is 0 Å². The number of hydrogen-bond donors (Lipinski definition) is 3. The van der Waals surface area contributed by atoms with Gasteiger partial charge in [-0.15, -0.1) is 0 Å². The van der Waals surface area contributed by atoms with Gasteiger partial charge in [0.15, 0.2) is 5.84 Å². The number of hydrogen-bond acceptors (Lipinski definition) is 4. The summed E-state index contributed by atoms with van der Waals surface area (Å²) in [6, 6.07) is 6.77. The second kappa shape index (κ2) is 5.21. The number of nitrogens with one attached hydrogen (secondary N) is 1. The zero-order chi connectivity index (χ0) is 13.8. The van der Waals surface area contributed by atoms with Gasteiger partial charge in [-0.05, 0) is 12.1 Å². The minimum Gasteiger partial charge on any atom is -0.409 e. The summed E-state index contributed by atoms with van der Waals surface area (Å²) in [6.45, 7) is 0. The van der Waals surface area contributed by atoms with Crippen molar-refractivity contribution in [3.63, 3.8) is 0 Å². The van der Waals surface area contributed by atoms with Gasteiger partial charge in [-0.25, -0.2) is 4.98 Å². The summed E-state index contributed by atoms with van der Waals surface area (Å²) in [7, 11) is 1.77. The first kappa shape index (κ1) is 12.6. The molecular weight excluding hydrogens is 246 g/mol. The van der Waals surface area contributed by atoms with E-state index in [4.69, 9.17) is 10.9 Å². The molecule has 4 N–H and O–H groups in total. The molecule has 0 aliphatic carbocycles. The van der Waals surface area contributed by atoms with Crippen molar-refractivity contribution in [3.8, 4) is 0 Å². The minimum absolute atomic E-state index is 0.0723. The van der Waals surface area contributed by atoms with Crippen LogP contribution in [0.3, 0.4) is 0 Å². The summed E-state index contributed by atoms with van der Waals surface area (Å²) in [5, 5.41) is 14.3. The van der Waals surface area contributed by atoms with Gasteiger partial charge >= 0.3 is 0 Å².